The van der Waals surface area contributed by atoms with E-state index in [0.29, 0.717) is 10.0 Å². The molecule has 2 aromatic carbocycles. The van der Waals surface area contributed by atoms with Crippen molar-refractivity contribution in [1.29, 1.82) is 0 Å². The van der Waals surface area contributed by atoms with Crippen LogP contribution < -0.4 is 0 Å². The Morgan fingerprint density at radius 2 is 1.80 bits per heavy atom. The molecule has 3 heteroatoms. The van der Waals surface area contributed by atoms with Gasteiger partial charge < -0.3 is 0 Å². The van der Waals surface area contributed by atoms with Gasteiger partial charge in [0.1, 0.15) is 0 Å². The molecule has 0 spiro atoms. The van der Waals surface area contributed by atoms with Crippen molar-refractivity contribution in [3.8, 4) is 11.1 Å². The van der Waals surface area contributed by atoms with Gasteiger partial charge in [-0.05, 0) is 17.7 Å². The van der Waals surface area contributed by atoms with Crippen molar-refractivity contribution >= 4 is 39.1 Å². The Kier molecular flexibility index (Phi) is 3.35. The molecule has 0 amide bonds. The Bertz CT molecular complexity index is 474. The SMILES string of the molecule is Clc1[c]ccc(Cl)c1-c1ccccc1Br. The fourth-order valence-electron chi connectivity index (χ4n) is 1.36. The third-order valence-corrected chi connectivity index (χ3v) is 3.35. The molecule has 0 fully saturated rings. The molecule has 0 nitrogen and oxygen atoms in total. The molecular weight excluding hydrogens is 295 g/mol. The fraction of sp³-hybridized carbons (Fsp3) is 0. The third kappa shape index (κ3) is 2.20. The zero-order valence-electron chi connectivity index (χ0n) is 7.60. The lowest BCUT2D eigenvalue weighted by atomic mass is 10.1. The second-order valence-corrected chi connectivity index (χ2v) is 4.63. The van der Waals surface area contributed by atoms with Gasteiger partial charge in [0.2, 0.25) is 0 Å². The normalized spacial score (nSPS) is 10.3. The standard InChI is InChI=1S/C12H6BrCl2/c13-9-5-2-1-4-8(9)12-10(14)6-3-7-11(12)15/h1-6H. The van der Waals surface area contributed by atoms with E-state index in [1.165, 1.54) is 0 Å². The van der Waals surface area contributed by atoms with Crippen molar-refractivity contribution in [3.05, 3.63) is 57.0 Å². The van der Waals surface area contributed by atoms with Crippen LogP contribution in [0.1, 0.15) is 0 Å². The first-order valence-corrected chi connectivity index (χ1v) is 5.85. The van der Waals surface area contributed by atoms with Gasteiger partial charge in [-0.2, -0.15) is 0 Å². The van der Waals surface area contributed by atoms with Gasteiger partial charge in [-0.3, -0.25) is 0 Å². The minimum Gasteiger partial charge on any atom is -0.0836 e. The number of benzene rings is 2. The van der Waals surface area contributed by atoms with Gasteiger partial charge in [0.05, 0.1) is 5.02 Å². The van der Waals surface area contributed by atoms with Gasteiger partial charge in [-0.15, -0.1) is 0 Å². The Morgan fingerprint density at radius 3 is 2.47 bits per heavy atom. The van der Waals surface area contributed by atoms with E-state index >= 15 is 0 Å². The van der Waals surface area contributed by atoms with Crippen LogP contribution in [0.25, 0.3) is 11.1 Å². The van der Waals surface area contributed by atoms with Crippen molar-refractivity contribution in [2.45, 2.75) is 0 Å². The highest BCUT2D eigenvalue weighted by Gasteiger charge is 2.10. The molecule has 0 saturated carbocycles. The van der Waals surface area contributed by atoms with E-state index < -0.39 is 0 Å². The molecule has 0 aliphatic carbocycles. The fourth-order valence-corrected chi connectivity index (χ4v) is 2.42. The van der Waals surface area contributed by atoms with Crippen molar-refractivity contribution in [3.63, 3.8) is 0 Å². The van der Waals surface area contributed by atoms with E-state index in [-0.39, 0.29) is 0 Å². The van der Waals surface area contributed by atoms with Crippen LogP contribution in [0.4, 0.5) is 0 Å². The van der Waals surface area contributed by atoms with Crippen molar-refractivity contribution in [1.82, 2.24) is 0 Å². The maximum atomic E-state index is 6.11. The quantitative estimate of drug-likeness (QED) is 0.677. The van der Waals surface area contributed by atoms with Crippen LogP contribution in [0.15, 0.2) is 40.9 Å². The molecule has 0 atom stereocenters. The Labute approximate surface area is 107 Å². The van der Waals surface area contributed by atoms with Crippen LogP contribution in [0.2, 0.25) is 10.0 Å². The lowest BCUT2D eigenvalue weighted by Gasteiger charge is -2.08. The highest BCUT2D eigenvalue weighted by Crippen LogP contribution is 2.37. The summed E-state index contributed by atoms with van der Waals surface area (Å²) in [6.07, 6.45) is 0. The van der Waals surface area contributed by atoms with E-state index in [0.717, 1.165) is 15.6 Å². The van der Waals surface area contributed by atoms with Crippen LogP contribution in [0.3, 0.4) is 0 Å². The third-order valence-electron chi connectivity index (χ3n) is 2.04. The van der Waals surface area contributed by atoms with E-state index in [1.54, 1.807) is 12.1 Å². The Morgan fingerprint density at radius 1 is 1.07 bits per heavy atom. The predicted octanol–water partition coefficient (Wildman–Crippen LogP) is 5.22. The highest BCUT2D eigenvalue weighted by atomic mass is 79.9. The van der Waals surface area contributed by atoms with Crippen molar-refractivity contribution < 1.29 is 0 Å². The highest BCUT2D eigenvalue weighted by molar-refractivity contribution is 9.10. The minimum atomic E-state index is 0.536. The summed E-state index contributed by atoms with van der Waals surface area (Å²) in [7, 11) is 0. The molecule has 2 rings (SSSR count). The smallest absolute Gasteiger partial charge is 0.0578 e. The van der Waals surface area contributed by atoms with Crippen molar-refractivity contribution in [2.24, 2.45) is 0 Å². The maximum Gasteiger partial charge on any atom is 0.0578 e. The molecule has 2 aromatic rings. The summed E-state index contributed by atoms with van der Waals surface area (Å²) in [5.41, 5.74) is 1.79. The van der Waals surface area contributed by atoms with Gasteiger partial charge in [0.25, 0.3) is 0 Å². The zero-order valence-corrected chi connectivity index (χ0v) is 10.7. The van der Waals surface area contributed by atoms with E-state index in [2.05, 4.69) is 22.0 Å². The molecule has 0 aromatic heterocycles. The molecule has 1 radical (unpaired) electrons. The number of hydrogen-bond acceptors (Lipinski definition) is 0. The molecule has 75 valence electrons. The van der Waals surface area contributed by atoms with Gasteiger partial charge in [-0.25, -0.2) is 0 Å². The van der Waals surface area contributed by atoms with Crippen LogP contribution in [-0.2, 0) is 0 Å². The molecule has 15 heavy (non-hydrogen) atoms. The molecule has 0 N–H and O–H groups in total. The van der Waals surface area contributed by atoms with Gasteiger partial charge >= 0.3 is 0 Å². The summed E-state index contributed by atoms with van der Waals surface area (Å²) in [4.78, 5) is 0. The molecule has 0 saturated heterocycles. The number of hydrogen-bond donors (Lipinski definition) is 0. The van der Waals surface area contributed by atoms with Gasteiger partial charge in [0, 0.05) is 21.1 Å². The average molecular weight is 301 g/mol. The van der Waals surface area contributed by atoms with Gasteiger partial charge in [-0.1, -0.05) is 63.4 Å². The largest absolute Gasteiger partial charge is 0.0836 e. The van der Waals surface area contributed by atoms with Crippen molar-refractivity contribution in [2.75, 3.05) is 0 Å². The first kappa shape index (κ1) is 11.0. The van der Waals surface area contributed by atoms with Crippen LogP contribution in [0, 0.1) is 6.07 Å². The monoisotopic (exact) mass is 299 g/mol. The second kappa shape index (κ2) is 4.56. The average Bonchev–Trinajstić information content (AvgIpc) is 2.20. The topological polar surface area (TPSA) is 0 Å². The van der Waals surface area contributed by atoms with E-state index in [4.69, 9.17) is 23.2 Å². The summed E-state index contributed by atoms with van der Waals surface area (Å²) in [6.45, 7) is 0. The molecule has 0 aliphatic heterocycles. The minimum absolute atomic E-state index is 0.536. The van der Waals surface area contributed by atoms with Gasteiger partial charge in [0.15, 0.2) is 0 Å². The molecule has 0 unspecified atom stereocenters. The maximum absolute atomic E-state index is 6.11. The van der Waals surface area contributed by atoms with Crippen LogP contribution in [0.5, 0.6) is 0 Å². The first-order valence-electron chi connectivity index (χ1n) is 4.30. The number of rotatable bonds is 1. The zero-order chi connectivity index (χ0) is 10.8. The predicted molar refractivity (Wildman–Crippen MR) is 68.4 cm³/mol. The summed E-state index contributed by atoms with van der Waals surface area (Å²) < 4.78 is 0.966. The lowest BCUT2D eigenvalue weighted by molar-refractivity contribution is 1.58. The Balaban J connectivity index is 2.69. The summed E-state index contributed by atoms with van der Waals surface area (Å²) >= 11 is 15.7. The second-order valence-electron chi connectivity index (χ2n) is 2.99. The van der Waals surface area contributed by atoms with E-state index in [1.807, 2.05) is 24.3 Å². The van der Waals surface area contributed by atoms with E-state index in [9.17, 15) is 0 Å². The number of halogens is 3. The summed E-state index contributed by atoms with van der Waals surface area (Å²) in [6, 6.07) is 14.2. The molecule has 0 bridgehead atoms. The molecular formula is C12H6BrCl2. The molecule has 0 aliphatic rings. The summed E-state index contributed by atoms with van der Waals surface area (Å²) in [5.74, 6) is 0. The summed E-state index contributed by atoms with van der Waals surface area (Å²) in [5, 5.41) is 1.17. The van der Waals surface area contributed by atoms with Crippen LogP contribution in [-0.4, -0.2) is 0 Å². The Hall–Kier alpha value is -0.500. The molecule has 0 heterocycles. The lowest BCUT2D eigenvalue weighted by Crippen LogP contribution is -1.83. The first-order chi connectivity index (χ1) is 7.20. The van der Waals surface area contributed by atoms with Crippen LogP contribution >= 0.6 is 39.1 Å².